The first kappa shape index (κ1) is 16.2. The third-order valence-electron chi connectivity index (χ3n) is 2.94. The molecule has 1 saturated heterocycles. The number of piperidine rings is 1. The second kappa shape index (κ2) is 6.53. The van der Waals surface area contributed by atoms with Crippen LogP contribution in [0.3, 0.4) is 0 Å². The summed E-state index contributed by atoms with van der Waals surface area (Å²) in [6, 6.07) is 0. The molecule has 8 heteroatoms. The van der Waals surface area contributed by atoms with Crippen molar-refractivity contribution in [2.75, 3.05) is 19.6 Å². The molecule has 0 spiro atoms. The Balaban J connectivity index is 2.44. The summed E-state index contributed by atoms with van der Waals surface area (Å²) >= 11 is 0. The van der Waals surface area contributed by atoms with Gasteiger partial charge in [-0.3, -0.25) is 0 Å². The minimum atomic E-state index is -3.87. The molecular weight excluding hydrogens is 270 g/mol. The highest BCUT2D eigenvalue weighted by Gasteiger charge is 2.28. The lowest BCUT2D eigenvalue weighted by Crippen LogP contribution is -2.49. The number of rotatable bonds is 5. The average molecular weight is 293 g/mol. The Bertz CT molecular complexity index is 402. The summed E-state index contributed by atoms with van der Waals surface area (Å²) in [5, 5.41) is 3.23. The topological polar surface area (TPSA) is 96.5 Å². The molecule has 1 unspecified atom stereocenters. The number of nitrogens with one attached hydrogen (secondary N) is 3. The van der Waals surface area contributed by atoms with E-state index in [-0.39, 0.29) is 18.1 Å². The average Bonchev–Trinajstić information content (AvgIpc) is 2.26. The van der Waals surface area contributed by atoms with Crippen LogP contribution in [0.1, 0.15) is 33.6 Å². The second-order valence-electron chi connectivity index (χ2n) is 5.47. The van der Waals surface area contributed by atoms with Gasteiger partial charge in [-0.25, -0.2) is 9.52 Å². The Morgan fingerprint density at radius 2 is 2.16 bits per heavy atom. The van der Waals surface area contributed by atoms with Crippen LogP contribution in [0.2, 0.25) is 0 Å². The number of amides is 1. The zero-order valence-corrected chi connectivity index (χ0v) is 12.5. The SMILES string of the molecule is CC(C)OC(=O)NS(=O)(=O)NCC1(C)CCCNC1. The minimum absolute atomic E-state index is 0.130. The zero-order valence-electron chi connectivity index (χ0n) is 11.7. The predicted molar refractivity (Wildman–Crippen MR) is 71.9 cm³/mol. The van der Waals surface area contributed by atoms with Gasteiger partial charge in [-0.05, 0) is 38.6 Å². The number of carbonyl (C=O) groups excluding carboxylic acids is 1. The second-order valence-corrected chi connectivity index (χ2v) is 6.97. The lowest BCUT2D eigenvalue weighted by Gasteiger charge is -2.34. The van der Waals surface area contributed by atoms with E-state index in [1.807, 2.05) is 11.6 Å². The van der Waals surface area contributed by atoms with E-state index < -0.39 is 16.3 Å². The van der Waals surface area contributed by atoms with Crippen molar-refractivity contribution in [3.63, 3.8) is 0 Å². The fraction of sp³-hybridized carbons (Fsp3) is 0.909. The third kappa shape index (κ3) is 6.22. The van der Waals surface area contributed by atoms with E-state index in [4.69, 9.17) is 4.74 Å². The highest BCUT2D eigenvalue weighted by molar-refractivity contribution is 7.88. The van der Waals surface area contributed by atoms with Gasteiger partial charge in [-0.15, -0.1) is 0 Å². The molecule has 0 aliphatic carbocycles. The Hall–Kier alpha value is -0.860. The normalized spacial score (nSPS) is 24.2. The molecular formula is C11H23N3O4S. The maximum atomic E-state index is 11.7. The highest BCUT2D eigenvalue weighted by Crippen LogP contribution is 2.24. The Morgan fingerprint density at radius 1 is 1.47 bits per heavy atom. The molecule has 1 fully saturated rings. The van der Waals surface area contributed by atoms with Crippen LogP contribution < -0.4 is 14.8 Å². The first-order valence-corrected chi connectivity index (χ1v) is 7.89. The lowest BCUT2D eigenvalue weighted by molar-refractivity contribution is 0.121. The van der Waals surface area contributed by atoms with Crippen LogP contribution in [-0.4, -0.2) is 40.2 Å². The molecule has 7 nitrogen and oxygen atoms in total. The van der Waals surface area contributed by atoms with Crippen molar-refractivity contribution in [2.45, 2.75) is 39.7 Å². The minimum Gasteiger partial charge on any atom is -0.446 e. The van der Waals surface area contributed by atoms with Crippen LogP contribution in [0, 0.1) is 5.41 Å². The standard InChI is InChI=1S/C11H23N3O4S/c1-9(2)18-10(15)14-19(16,17)13-8-11(3)5-4-6-12-7-11/h9,12-13H,4-8H2,1-3H3,(H,14,15). The number of carbonyl (C=O) groups is 1. The van der Waals surface area contributed by atoms with Crippen LogP contribution in [0.5, 0.6) is 0 Å². The van der Waals surface area contributed by atoms with Gasteiger partial charge in [-0.1, -0.05) is 6.92 Å². The molecule has 1 heterocycles. The Labute approximate surface area is 114 Å². The van der Waals surface area contributed by atoms with Crippen molar-refractivity contribution in [1.82, 2.24) is 14.8 Å². The molecule has 1 amide bonds. The van der Waals surface area contributed by atoms with Gasteiger partial charge in [0.15, 0.2) is 0 Å². The third-order valence-corrected chi connectivity index (χ3v) is 3.89. The molecule has 0 aromatic carbocycles. The summed E-state index contributed by atoms with van der Waals surface area (Å²) in [7, 11) is -3.87. The molecule has 1 aliphatic heterocycles. The number of hydrogen-bond donors (Lipinski definition) is 3. The van der Waals surface area contributed by atoms with Crippen LogP contribution in [0.15, 0.2) is 0 Å². The number of ether oxygens (including phenoxy) is 1. The van der Waals surface area contributed by atoms with E-state index in [0.29, 0.717) is 0 Å². The van der Waals surface area contributed by atoms with Gasteiger partial charge in [0.1, 0.15) is 0 Å². The molecule has 1 atom stereocenters. The fourth-order valence-electron chi connectivity index (χ4n) is 1.92. The van der Waals surface area contributed by atoms with Gasteiger partial charge in [0.05, 0.1) is 6.10 Å². The molecule has 19 heavy (non-hydrogen) atoms. The Kier molecular flexibility index (Phi) is 5.57. The largest absolute Gasteiger partial charge is 0.446 e. The summed E-state index contributed by atoms with van der Waals surface area (Å²) in [5.41, 5.74) is -0.130. The first-order valence-electron chi connectivity index (χ1n) is 6.41. The van der Waals surface area contributed by atoms with Crippen molar-refractivity contribution in [1.29, 1.82) is 0 Å². The van der Waals surface area contributed by atoms with Crippen LogP contribution in [-0.2, 0) is 14.9 Å². The summed E-state index contributed by atoms with van der Waals surface area (Å²) in [4.78, 5) is 11.2. The first-order chi connectivity index (χ1) is 8.72. The lowest BCUT2D eigenvalue weighted by atomic mass is 9.83. The molecule has 1 aliphatic rings. The van der Waals surface area contributed by atoms with Gasteiger partial charge in [0.25, 0.3) is 0 Å². The van der Waals surface area contributed by atoms with Crippen LogP contribution in [0.4, 0.5) is 4.79 Å². The van der Waals surface area contributed by atoms with Gasteiger partial charge >= 0.3 is 16.3 Å². The van der Waals surface area contributed by atoms with E-state index >= 15 is 0 Å². The van der Waals surface area contributed by atoms with E-state index in [9.17, 15) is 13.2 Å². The van der Waals surface area contributed by atoms with E-state index in [2.05, 4.69) is 10.0 Å². The summed E-state index contributed by atoms with van der Waals surface area (Å²) in [6.07, 6.45) is 0.629. The van der Waals surface area contributed by atoms with Crippen LogP contribution >= 0.6 is 0 Å². The molecule has 0 aromatic heterocycles. The molecule has 1 rings (SSSR count). The highest BCUT2D eigenvalue weighted by atomic mass is 32.2. The summed E-state index contributed by atoms with van der Waals surface area (Å²) in [5.74, 6) is 0. The van der Waals surface area contributed by atoms with Crippen molar-refractivity contribution in [3.8, 4) is 0 Å². The van der Waals surface area contributed by atoms with Gasteiger partial charge in [0.2, 0.25) is 0 Å². The smallest absolute Gasteiger partial charge is 0.422 e. The monoisotopic (exact) mass is 293 g/mol. The predicted octanol–water partition coefficient (Wildman–Crippen LogP) is 0.345. The molecule has 0 aromatic rings. The zero-order chi connectivity index (χ0) is 14.5. The maximum absolute atomic E-state index is 11.7. The van der Waals surface area contributed by atoms with Gasteiger partial charge in [0, 0.05) is 13.1 Å². The molecule has 0 radical (unpaired) electrons. The molecule has 3 N–H and O–H groups in total. The van der Waals surface area contributed by atoms with Crippen molar-refractivity contribution >= 4 is 16.3 Å². The Morgan fingerprint density at radius 3 is 2.68 bits per heavy atom. The van der Waals surface area contributed by atoms with Crippen LogP contribution in [0.25, 0.3) is 0 Å². The summed E-state index contributed by atoms with van der Waals surface area (Å²) < 4.78 is 32.3. The maximum Gasteiger partial charge on any atom is 0.422 e. The quantitative estimate of drug-likeness (QED) is 0.679. The van der Waals surface area contributed by atoms with Crippen molar-refractivity contribution in [2.24, 2.45) is 5.41 Å². The van der Waals surface area contributed by atoms with Gasteiger partial charge in [-0.2, -0.15) is 13.1 Å². The molecule has 112 valence electrons. The molecule has 0 bridgehead atoms. The van der Waals surface area contributed by atoms with E-state index in [1.165, 1.54) is 0 Å². The summed E-state index contributed by atoms with van der Waals surface area (Å²) in [6.45, 7) is 7.30. The van der Waals surface area contributed by atoms with Crippen molar-refractivity contribution in [3.05, 3.63) is 0 Å². The van der Waals surface area contributed by atoms with Gasteiger partial charge < -0.3 is 10.1 Å². The fourth-order valence-corrected chi connectivity index (χ4v) is 2.80. The number of hydrogen-bond acceptors (Lipinski definition) is 5. The van der Waals surface area contributed by atoms with E-state index in [0.717, 1.165) is 25.9 Å². The molecule has 0 saturated carbocycles. The van der Waals surface area contributed by atoms with Crippen molar-refractivity contribution < 1.29 is 17.9 Å². The van der Waals surface area contributed by atoms with E-state index in [1.54, 1.807) is 13.8 Å².